The number of aliphatic hydroxyl groups excluding tert-OH is 17. The molecular formula is C30H55NO25. The third-order valence-corrected chi connectivity index (χ3v) is 10.0. The van der Waals surface area contributed by atoms with Crippen LogP contribution in [0, 0.1) is 0 Å². The zero-order valence-corrected chi connectivity index (χ0v) is 29.5. The van der Waals surface area contributed by atoms with Crippen LogP contribution in [-0.2, 0) is 37.9 Å². The lowest BCUT2D eigenvalue weighted by molar-refractivity contribution is -0.390. The van der Waals surface area contributed by atoms with Gasteiger partial charge in [0.05, 0.1) is 39.1 Å². The van der Waals surface area contributed by atoms with Crippen LogP contribution in [0.5, 0.6) is 0 Å². The molecule has 0 aromatic rings. The van der Waals surface area contributed by atoms with Crippen molar-refractivity contribution in [2.45, 2.75) is 147 Å². The Hall–Kier alpha value is -1.04. The van der Waals surface area contributed by atoms with Crippen molar-refractivity contribution in [1.29, 1.82) is 0 Å². The molecule has 26 nitrogen and oxygen atoms in total. The summed E-state index contributed by atoms with van der Waals surface area (Å²) in [6.07, 6.45) is -44.5. The molecule has 0 radical (unpaired) electrons. The van der Waals surface area contributed by atoms with E-state index in [4.69, 9.17) is 43.6 Å². The van der Waals surface area contributed by atoms with Gasteiger partial charge in [-0.2, -0.15) is 0 Å². The molecular weight excluding hydrogens is 774 g/mol. The zero-order chi connectivity index (χ0) is 41.8. The van der Waals surface area contributed by atoms with E-state index < -0.39 is 187 Å². The molecule has 0 spiro atoms. The smallest absolute Gasteiger partial charge is 0.187 e. The first-order valence-electron chi connectivity index (χ1n) is 17.6. The largest absolute Gasteiger partial charge is 0.394 e. The molecule has 0 aromatic heterocycles. The molecule has 4 heterocycles. The number of ether oxygens (including phenoxy) is 8. The quantitative estimate of drug-likeness (QED) is 0.0647. The van der Waals surface area contributed by atoms with E-state index in [-0.39, 0.29) is 0 Å². The average molecular weight is 830 g/mol. The van der Waals surface area contributed by atoms with Crippen LogP contribution in [0.15, 0.2) is 0 Å². The molecule has 4 rings (SSSR count). The van der Waals surface area contributed by atoms with Crippen LogP contribution in [0.1, 0.15) is 0 Å². The highest BCUT2D eigenvalue weighted by Crippen LogP contribution is 2.34. The Morgan fingerprint density at radius 1 is 0.429 bits per heavy atom. The van der Waals surface area contributed by atoms with Gasteiger partial charge in [-0.3, -0.25) is 0 Å². The fourth-order valence-electron chi connectivity index (χ4n) is 6.66. The molecule has 330 valence electrons. The van der Waals surface area contributed by atoms with Gasteiger partial charge in [0.1, 0.15) is 116 Å². The summed E-state index contributed by atoms with van der Waals surface area (Å²) < 4.78 is 43.9. The van der Waals surface area contributed by atoms with E-state index in [0.29, 0.717) is 0 Å². The van der Waals surface area contributed by atoms with E-state index in [1.54, 1.807) is 0 Å². The third kappa shape index (κ3) is 10.1. The van der Waals surface area contributed by atoms with Crippen molar-refractivity contribution in [3.8, 4) is 0 Å². The SMILES string of the molecule is NC[C@H](O)[C@@H](O[C@H]1O[C@H](CO)[C@@H](O[C@H]2O[C@H](CO)[C@@H](O[C@H]3O[C@H](CO)[C@@H](O[C@H]4O[C@H](CO)[C@@H](O)[C@H](O)[C@H]4O)[C@H](O)[C@H]3O)[C@H](O)[C@H]2O)[C@H](O)[C@H]1O)[C@H](O)[C@@H](O)CO. The Bertz CT molecular complexity index is 1160. The standard InChI is InChI=1S/C30H55NO25/c31-1-7(37)23(13(39)8(38)2-32)53-28-20(46)16(42)25(10(4-34)50-28)55-30-22(48)18(44)26(12(6-36)52-30)56-29-21(47)17(43)24(11(5-35)51-29)54-27-19(45)15(41)14(40)9(3-33)49-27/h7-30,32-48H,1-6,31H2/t7-,8-,9+,10+,11+,12+,13+,14+,15-,16+,17+,18+,19+,20+,21+,22+,23+,24+,25+,26+,27+,28+,29+,30+/m0/s1. The summed E-state index contributed by atoms with van der Waals surface area (Å²) >= 11 is 0. The van der Waals surface area contributed by atoms with Gasteiger partial charge in [0.2, 0.25) is 0 Å². The molecule has 4 aliphatic heterocycles. The Morgan fingerprint density at radius 3 is 1.12 bits per heavy atom. The van der Waals surface area contributed by atoms with Crippen molar-refractivity contribution in [2.75, 3.05) is 39.6 Å². The predicted molar refractivity (Wildman–Crippen MR) is 171 cm³/mol. The van der Waals surface area contributed by atoms with Crippen molar-refractivity contribution in [2.24, 2.45) is 5.73 Å². The van der Waals surface area contributed by atoms with Gasteiger partial charge in [-0.05, 0) is 0 Å². The van der Waals surface area contributed by atoms with Crippen LogP contribution in [0.3, 0.4) is 0 Å². The van der Waals surface area contributed by atoms with E-state index in [1.165, 1.54) is 0 Å². The van der Waals surface area contributed by atoms with E-state index in [2.05, 4.69) is 0 Å². The average Bonchev–Trinajstić information content (AvgIpc) is 3.20. The van der Waals surface area contributed by atoms with Crippen LogP contribution < -0.4 is 5.73 Å². The molecule has 24 atom stereocenters. The molecule has 0 bridgehead atoms. The van der Waals surface area contributed by atoms with Gasteiger partial charge in [-0.15, -0.1) is 0 Å². The van der Waals surface area contributed by atoms with E-state index in [1.807, 2.05) is 0 Å². The molecule has 0 unspecified atom stereocenters. The fraction of sp³-hybridized carbons (Fsp3) is 1.00. The molecule has 0 aliphatic carbocycles. The van der Waals surface area contributed by atoms with Gasteiger partial charge in [0.15, 0.2) is 25.2 Å². The Kier molecular flexibility index (Phi) is 17.8. The highest BCUT2D eigenvalue weighted by atomic mass is 16.8. The number of hydrogen-bond acceptors (Lipinski definition) is 26. The summed E-state index contributed by atoms with van der Waals surface area (Å²) in [5, 5.41) is 175. The maximum absolute atomic E-state index is 11.1. The maximum atomic E-state index is 11.1. The first kappa shape index (κ1) is 47.6. The van der Waals surface area contributed by atoms with E-state index in [0.717, 1.165) is 0 Å². The molecule has 19 N–H and O–H groups in total. The highest BCUT2D eigenvalue weighted by Gasteiger charge is 2.55. The van der Waals surface area contributed by atoms with Crippen LogP contribution in [0.2, 0.25) is 0 Å². The van der Waals surface area contributed by atoms with Crippen molar-refractivity contribution in [1.82, 2.24) is 0 Å². The second-order valence-corrected chi connectivity index (χ2v) is 13.8. The first-order chi connectivity index (χ1) is 26.5. The van der Waals surface area contributed by atoms with Gasteiger partial charge in [-0.1, -0.05) is 0 Å². The summed E-state index contributed by atoms with van der Waals surface area (Å²) in [5.74, 6) is 0. The van der Waals surface area contributed by atoms with Crippen molar-refractivity contribution < 1.29 is 125 Å². The monoisotopic (exact) mass is 829 g/mol. The topological polar surface area (TPSA) is 444 Å². The molecule has 4 saturated heterocycles. The van der Waals surface area contributed by atoms with Crippen molar-refractivity contribution in [3.63, 3.8) is 0 Å². The number of nitrogens with two attached hydrogens (primary N) is 1. The molecule has 26 heteroatoms. The fourth-order valence-corrected chi connectivity index (χ4v) is 6.66. The Labute approximate surface area is 317 Å². The van der Waals surface area contributed by atoms with Crippen LogP contribution in [0.4, 0.5) is 0 Å². The van der Waals surface area contributed by atoms with Gasteiger partial charge in [0.25, 0.3) is 0 Å². The highest BCUT2D eigenvalue weighted by molar-refractivity contribution is 4.98. The lowest BCUT2D eigenvalue weighted by Gasteiger charge is -2.49. The lowest BCUT2D eigenvalue weighted by Crippen LogP contribution is -2.67. The maximum Gasteiger partial charge on any atom is 0.187 e. The minimum atomic E-state index is -2.12. The molecule has 4 aliphatic rings. The molecule has 56 heavy (non-hydrogen) atoms. The van der Waals surface area contributed by atoms with Gasteiger partial charge in [0, 0.05) is 6.54 Å². The zero-order valence-electron chi connectivity index (χ0n) is 29.5. The molecule has 0 amide bonds. The normalized spacial score (nSPS) is 47.2. The second kappa shape index (κ2) is 21.0. The lowest BCUT2D eigenvalue weighted by atomic mass is 9.95. The van der Waals surface area contributed by atoms with Crippen LogP contribution >= 0.6 is 0 Å². The minimum absolute atomic E-state index is 0.536. The summed E-state index contributed by atoms with van der Waals surface area (Å²) in [5.41, 5.74) is 5.43. The third-order valence-electron chi connectivity index (χ3n) is 10.0. The number of aliphatic hydroxyl groups is 17. The Balaban J connectivity index is 1.43. The van der Waals surface area contributed by atoms with Gasteiger partial charge < -0.3 is 130 Å². The molecule has 0 aromatic carbocycles. The summed E-state index contributed by atoms with van der Waals surface area (Å²) in [6.45, 7) is -5.20. The molecule has 0 saturated carbocycles. The van der Waals surface area contributed by atoms with Crippen molar-refractivity contribution in [3.05, 3.63) is 0 Å². The van der Waals surface area contributed by atoms with Gasteiger partial charge in [-0.25, -0.2) is 0 Å². The Morgan fingerprint density at radius 2 is 0.768 bits per heavy atom. The minimum Gasteiger partial charge on any atom is -0.394 e. The summed E-state index contributed by atoms with van der Waals surface area (Å²) in [6, 6.07) is 0. The second-order valence-electron chi connectivity index (χ2n) is 13.8. The number of rotatable bonds is 17. The first-order valence-corrected chi connectivity index (χ1v) is 17.6. The van der Waals surface area contributed by atoms with Crippen LogP contribution in [-0.4, -0.2) is 274 Å². The van der Waals surface area contributed by atoms with E-state index >= 15 is 0 Å². The summed E-state index contributed by atoms with van der Waals surface area (Å²) in [7, 11) is 0. The molecule has 4 fully saturated rings. The van der Waals surface area contributed by atoms with Crippen LogP contribution in [0.25, 0.3) is 0 Å². The predicted octanol–water partition coefficient (Wildman–Crippen LogP) is -12.3. The number of hydrogen-bond donors (Lipinski definition) is 18. The van der Waals surface area contributed by atoms with E-state index in [9.17, 15) is 86.8 Å². The van der Waals surface area contributed by atoms with Gasteiger partial charge >= 0.3 is 0 Å². The van der Waals surface area contributed by atoms with Crippen molar-refractivity contribution >= 4 is 0 Å². The summed E-state index contributed by atoms with van der Waals surface area (Å²) in [4.78, 5) is 0.